The maximum atomic E-state index is 10.8. The zero-order chi connectivity index (χ0) is 14.8. The Morgan fingerprint density at radius 1 is 1.29 bits per heavy atom. The fourth-order valence-electron chi connectivity index (χ4n) is 2.44. The summed E-state index contributed by atoms with van der Waals surface area (Å²) < 4.78 is 0.496. The Kier molecular flexibility index (Phi) is 4.17. The molecule has 0 aromatic heterocycles. The van der Waals surface area contributed by atoms with Crippen molar-refractivity contribution in [3.8, 4) is 0 Å². The summed E-state index contributed by atoms with van der Waals surface area (Å²) in [6.45, 7) is 0. The van der Waals surface area contributed by atoms with Crippen LogP contribution in [0.4, 0.5) is 11.4 Å². The fourth-order valence-corrected chi connectivity index (χ4v) is 4.09. The van der Waals surface area contributed by atoms with E-state index in [1.165, 1.54) is 16.5 Å². The Hall–Kier alpha value is -1.53. The van der Waals surface area contributed by atoms with Crippen molar-refractivity contribution in [2.24, 2.45) is 0 Å². The van der Waals surface area contributed by atoms with Crippen LogP contribution in [0.1, 0.15) is 18.0 Å². The summed E-state index contributed by atoms with van der Waals surface area (Å²) in [6.07, 6.45) is 1.04. The zero-order valence-electron chi connectivity index (χ0n) is 11.1. The Balaban J connectivity index is 1.85. The van der Waals surface area contributed by atoms with Gasteiger partial charge in [0.2, 0.25) is 0 Å². The lowest BCUT2D eigenvalue weighted by Gasteiger charge is -2.26. The Morgan fingerprint density at radius 2 is 2.10 bits per heavy atom. The molecular weight excluding hydrogens is 352 g/mol. The van der Waals surface area contributed by atoms with Crippen molar-refractivity contribution in [1.82, 2.24) is 0 Å². The number of benzene rings is 2. The van der Waals surface area contributed by atoms with Crippen molar-refractivity contribution in [2.75, 3.05) is 11.1 Å². The lowest BCUT2D eigenvalue weighted by atomic mass is 10.0. The second kappa shape index (κ2) is 6.07. The van der Waals surface area contributed by atoms with Crippen molar-refractivity contribution < 1.29 is 4.92 Å². The number of hydrogen-bond donors (Lipinski definition) is 1. The molecule has 6 heteroatoms. The number of nitrogens with zero attached hydrogens (tertiary/aromatic N) is 1. The van der Waals surface area contributed by atoms with Crippen LogP contribution in [0.15, 0.2) is 51.8 Å². The van der Waals surface area contributed by atoms with Crippen molar-refractivity contribution in [2.45, 2.75) is 17.4 Å². The van der Waals surface area contributed by atoms with Gasteiger partial charge in [0.15, 0.2) is 0 Å². The van der Waals surface area contributed by atoms with Gasteiger partial charge in [-0.15, -0.1) is 11.8 Å². The highest BCUT2D eigenvalue weighted by Gasteiger charge is 2.20. The van der Waals surface area contributed by atoms with E-state index in [-0.39, 0.29) is 16.7 Å². The SMILES string of the molecule is O=[N+]([O-])c1ccc(NC2CCSc3ccccc32)cc1Br. The molecule has 1 aliphatic rings. The Morgan fingerprint density at radius 3 is 2.86 bits per heavy atom. The van der Waals surface area contributed by atoms with Crippen molar-refractivity contribution in [3.05, 3.63) is 62.6 Å². The molecule has 2 aromatic carbocycles. The molecule has 3 rings (SSSR count). The van der Waals surface area contributed by atoms with E-state index in [0.29, 0.717) is 4.47 Å². The van der Waals surface area contributed by atoms with Gasteiger partial charge in [-0.2, -0.15) is 0 Å². The predicted molar refractivity (Wildman–Crippen MR) is 88.9 cm³/mol. The van der Waals surface area contributed by atoms with Gasteiger partial charge in [0, 0.05) is 22.4 Å². The van der Waals surface area contributed by atoms with Crippen LogP contribution in [-0.4, -0.2) is 10.7 Å². The van der Waals surface area contributed by atoms with Gasteiger partial charge < -0.3 is 5.32 Å². The number of nitro groups is 1. The third-order valence-electron chi connectivity index (χ3n) is 3.44. The first-order valence-electron chi connectivity index (χ1n) is 6.57. The Bertz CT molecular complexity index is 693. The lowest BCUT2D eigenvalue weighted by molar-refractivity contribution is -0.385. The molecule has 1 N–H and O–H groups in total. The Labute approximate surface area is 135 Å². The number of anilines is 1. The summed E-state index contributed by atoms with van der Waals surface area (Å²) >= 11 is 5.13. The average Bonchev–Trinajstić information content (AvgIpc) is 2.47. The minimum atomic E-state index is -0.388. The number of hydrogen-bond acceptors (Lipinski definition) is 4. The van der Waals surface area contributed by atoms with Crippen LogP contribution < -0.4 is 5.32 Å². The third-order valence-corrected chi connectivity index (χ3v) is 5.20. The maximum absolute atomic E-state index is 10.8. The van der Waals surface area contributed by atoms with Gasteiger partial charge in [0.05, 0.1) is 15.4 Å². The molecule has 1 atom stereocenters. The summed E-state index contributed by atoms with van der Waals surface area (Å²) in [6, 6.07) is 13.7. The molecular formula is C15H13BrN2O2S. The molecule has 0 amide bonds. The summed E-state index contributed by atoms with van der Waals surface area (Å²) in [5.74, 6) is 1.07. The summed E-state index contributed by atoms with van der Waals surface area (Å²) in [5, 5.41) is 14.3. The van der Waals surface area contributed by atoms with Crippen LogP contribution in [0, 0.1) is 10.1 Å². The van der Waals surface area contributed by atoms with E-state index in [1.54, 1.807) is 12.1 Å². The van der Waals surface area contributed by atoms with E-state index in [4.69, 9.17) is 0 Å². The van der Waals surface area contributed by atoms with Gasteiger partial charge >= 0.3 is 0 Å². The van der Waals surface area contributed by atoms with E-state index in [2.05, 4.69) is 39.4 Å². The van der Waals surface area contributed by atoms with E-state index >= 15 is 0 Å². The van der Waals surface area contributed by atoms with E-state index in [0.717, 1.165) is 17.9 Å². The van der Waals surface area contributed by atoms with Crippen LogP contribution in [0.25, 0.3) is 0 Å². The van der Waals surface area contributed by atoms with Crippen LogP contribution in [0.5, 0.6) is 0 Å². The topological polar surface area (TPSA) is 55.2 Å². The fraction of sp³-hybridized carbons (Fsp3) is 0.200. The third kappa shape index (κ3) is 3.06. The molecule has 0 bridgehead atoms. The first-order chi connectivity index (χ1) is 10.1. The first-order valence-corrected chi connectivity index (χ1v) is 8.35. The summed E-state index contributed by atoms with van der Waals surface area (Å²) in [5.41, 5.74) is 2.27. The van der Waals surface area contributed by atoms with Crippen molar-refractivity contribution in [3.63, 3.8) is 0 Å². The number of fused-ring (bicyclic) bond motifs is 1. The second-order valence-corrected chi connectivity index (χ2v) is 6.79. The van der Waals surface area contributed by atoms with E-state index < -0.39 is 0 Å². The number of halogens is 1. The molecule has 0 aliphatic carbocycles. The molecule has 2 aromatic rings. The first kappa shape index (κ1) is 14.4. The normalized spacial score (nSPS) is 17.1. The van der Waals surface area contributed by atoms with Crippen LogP contribution in [0.3, 0.4) is 0 Å². The van der Waals surface area contributed by atoms with Gasteiger partial charge in [0.1, 0.15) is 0 Å². The summed E-state index contributed by atoms with van der Waals surface area (Å²) in [7, 11) is 0. The molecule has 21 heavy (non-hydrogen) atoms. The van der Waals surface area contributed by atoms with Gasteiger partial charge in [-0.1, -0.05) is 18.2 Å². The van der Waals surface area contributed by atoms with E-state index in [9.17, 15) is 10.1 Å². The smallest absolute Gasteiger partial charge is 0.283 e. The van der Waals surface area contributed by atoms with Gasteiger partial charge in [-0.05, 0) is 46.1 Å². The summed E-state index contributed by atoms with van der Waals surface area (Å²) in [4.78, 5) is 11.8. The number of thioether (sulfide) groups is 1. The molecule has 108 valence electrons. The van der Waals surface area contributed by atoms with Gasteiger partial charge in [0.25, 0.3) is 5.69 Å². The highest BCUT2D eigenvalue weighted by molar-refractivity contribution is 9.10. The maximum Gasteiger partial charge on any atom is 0.283 e. The van der Waals surface area contributed by atoms with Gasteiger partial charge in [-0.3, -0.25) is 10.1 Å². The molecule has 0 fully saturated rings. The molecule has 0 spiro atoms. The number of nitrogens with one attached hydrogen (secondary N) is 1. The molecule has 1 unspecified atom stereocenters. The molecule has 0 saturated carbocycles. The highest BCUT2D eigenvalue weighted by Crippen LogP contribution is 2.38. The zero-order valence-corrected chi connectivity index (χ0v) is 13.5. The van der Waals surface area contributed by atoms with Crippen LogP contribution >= 0.6 is 27.7 Å². The number of rotatable bonds is 3. The van der Waals surface area contributed by atoms with Crippen LogP contribution in [0.2, 0.25) is 0 Å². The molecule has 1 aliphatic heterocycles. The van der Waals surface area contributed by atoms with E-state index in [1.807, 2.05) is 17.8 Å². The molecule has 0 saturated heterocycles. The predicted octanol–water partition coefficient (Wildman–Crippen LogP) is 5.01. The lowest BCUT2D eigenvalue weighted by Crippen LogP contribution is -2.16. The quantitative estimate of drug-likeness (QED) is 0.614. The monoisotopic (exact) mass is 364 g/mol. The average molecular weight is 365 g/mol. The van der Waals surface area contributed by atoms with Gasteiger partial charge in [-0.25, -0.2) is 0 Å². The minimum Gasteiger partial charge on any atom is -0.378 e. The molecule has 1 heterocycles. The molecule has 4 nitrogen and oxygen atoms in total. The highest BCUT2D eigenvalue weighted by atomic mass is 79.9. The standard InChI is InChI=1S/C15H13BrN2O2S/c16-12-9-10(5-6-14(12)18(19)20)17-13-7-8-21-15-4-2-1-3-11(13)15/h1-6,9,13,17H,7-8H2. The molecule has 0 radical (unpaired) electrons. The minimum absolute atomic E-state index is 0.0835. The van der Waals surface area contributed by atoms with Crippen molar-refractivity contribution >= 4 is 39.1 Å². The van der Waals surface area contributed by atoms with Crippen molar-refractivity contribution in [1.29, 1.82) is 0 Å². The largest absolute Gasteiger partial charge is 0.378 e. The van der Waals surface area contributed by atoms with Crippen LogP contribution in [-0.2, 0) is 0 Å². The second-order valence-electron chi connectivity index (χ2n) is 4.80. The number of nitro benzene ring substituents is 1.